The molecule has 34 heavy (non-hydrogen) atoms. The highest BCUT2D eigenvalue weighted by Gasteiger charge is 2.45. The third-order valence-electron chi connectivity index (χ3n) is 7.46. The van der Waals surface area contributed by atoms with E-state index in [1.54, 1.807) is 16.7 Å². The van der Waals surface area contributed by atoms with Gasteiger partial charge in [-0.25, -0.2) is 4.79 Å². The molecule has 0 unspecified atom stereocenters. The lowest BCUT2D eigenvalue weighted by molar-refractivity contribution is -0.140. The quantitative estimate of drug-likeness (QED) is 0.428. The van der Waals surface area contributed by atoms with Crippen LogP contribution in [0.2, 0.25) is 0 Å². The van der Waals surface area contributed by atoms with E-state index in [0.717, 1.165) is 44.9 Å². The van der Waals surface area contributed by atoms with Crippen LogP contribution in [0, 0.1) is 5.92 Å². The number of amides is 3. The van der Waals surface area contributed by atoms with Crippen LogP contribution in [0.25, 0.3) is 0 Å². The summed E-state index contributed by atoms with van der Waals surface area (Å²) in [6.45, 7) is 7.43. The van der Waals surface area contributed by atoms with Gasteiger partial charge in [0.1, 0.15) is 12.1 Å². The zero-order valence-electron chi connectivity index (χ0n) is 21.1. The molecular weight excluding hydrogens is 452 g/mol. The van der Waals surface area contributed by atoms with E-state index in [9.17, 15) is 14.4 Å². The first-order chi connectivity index (χ1) is 16.2. The van der Waals surface area contributed by atoms with Gasteiger partial charge < -0.3 is 26.0 Å². The Bertz CT molecular complexity index is 707. The first-order valence-electron chi connectivity index (χ1n) is 13.2. The van der Waals surface area contributed by atoms with Gasteiger partial charge in [0.15, 0.2) is 0 Å². The van der Waals surface area contributed by atoms with Crippen LogP contribution in [-0.4, -0.2) is 70.6 Å². The molecule has 1 saturated heterocycles. The van der Waals surface area contributed by atoms with Gasteiger partial charge in [0.2, 0.25) is 11.8 Å². The van der Waals surface area contributed by atoms with E-state index in [0.29, 0.717) is 43.7 Å². The highest BCUT2D eigenvalue weighted by atomic mass is 32.2. The summed E-state index contributed by atoms with van der Waals surface area (Å²) >= 11 is 1.76. The Morgan fingerprint density at radius 2 is 1.79 bits per heavy atom. The van der Waals surface area contributed by atoms with Crippen molar-refractivity contribution in [2.75, 3.05) is 19.7 Å². The maximum Gasteiger partial charge on any atom is 0.407 e. The van der Waals surface area contributed by atoms with Gasteiger partial charge in [0, 0.05) is 29.1 Å². The molecule has 0 bridgehead atoms. The van der Waals surface area contributed by atoms with Gasteiger partial charge in [-0.2, -0.15) is 0 Å². The van der Waals surface area contributed by atoms with E-state index in [-0.39, 0.29) is 17.9 Å². The predicted octanol–water partition coefficient (Wildman–Crippen LogP) is 3.18. The number of ether oxygens (including phenoxy) is 1. The molecule has 8 nitrogen and oxygen atoms in total. The van der Waals surface area contributed by atoms with Crippen molar-refractivity contribution < 1.29 is 19.1 Å². The summed E-state index contributed by atoms with van der Waals surface area (Å²) in [5, 5.41) is 6.45. The molecule has 3 rings (SSSR count). The molecule has 4 N–H and O–H groups in total. The monoisotopic (exact) mass is 496 g/mol. The molecule has 3 fully saturated rings. The highest BCUT2D eigenvalue weighted by Crippen LogP contribution is 2.41. The van der Waals surface area contributed by atoms with Crippen LogP contribution in [0.15, 0.2) is 0 Å². The summed E-state index contributed by atoms with van der Waals surface area (Å²) in [6.07, 6.45) is 9.13. The van der Waals surface area contributed by atoms with E-state index in [4.69, 9.17) is 10.5 Å². The topological polar surface area (TPSA) is 114 Å². The number of likely N-dealkylation sites (tertiary alicyclic amines) is 1. The van der Waals surface area contributed by atoms with Crippen molar-refractivity contribution in [2.24, 2.45) is 11.7 Å². The van der Waals surface area contributed by atoms with Gasteiger partial charge in [-0.15, -0.1) is 11.8 Å². The van der Waals surface area contributed by atoms with Crippen LogP contribution < -0.4 is 16.4 Å². The van der Waals surface area contributed by atoms with Crippen LogP contribution in [0.3, 0.4) is 0 Å². The summed E-state index contributed by atoms with van der Waals surface area (Å²) in [5.41, 5.74) is 6.00. The molecule has 0 spiro atoms. The molecule has 9 heteroatoms. The average molecular weight is 497 g/mol. The normalized spacial score (nSPS) is 26.5. The number of hydrogen-bond acceptors (Lipinski definition) is 6. The molecule has 0 radical (unpaired) electrons. The zero-order valence-corrected chi connectivity index (χ0v) is 22.0. The molecule has 3 amide bonds. The van der Waals surface area contributed by atoms with Crippen molar-refractivity contribution in [3.05, 3.63) is 0 Å². The van der Waals surface area contributed by atoms with Gasteiger partial charge >= 0.3 is 6.09 Å². The second-order valence-corrected chi connectivity index (χ2v) is 12.7. The number of carbonyl (C=O) groups is 3. The Kier molecular flexibility index (Phi) is 9.95. The molecule has 0 aromatic carbocycles. The fourth-order valence-electron chi connectivity index (χ4n) is 5.10. The molecule has 0 aromatic heterocycles. The third-order valence-corrected chi connectivity index (χ3v) is 9.11. The number of nitrogens with one attached hydrogen (secondary N) is 2. The molecule has 2 atom stereocenters. The van der Waals surface area contributed by atoms with Gasteiger partial charge in [-0.05, 0) is 77.6 Å². The number of carbonyl (C=O) groups excluding carboxylic acids is 3. The smallest absolute Gasteiger partial charge is 0.407 e. The molecule has 0 aromatic rings. The number of nitrogens with two attached hydrogens (primary N) is 1. The van der Waals surface area contributed by atoms with Crippen molar-refractivity contribution in [3.63, 3.8) is 0 Å². The Labute approximate surface area is 208 Å². The minimum absolute atomic E-state index is 0.0857. The lowest BCUT2D eigenvalue weighted by Gasteiger charge is -2.40. The largest absolute Gasteiger partial charge is 0.450 e. The SMILES string of the molecule is CCCOC(=O)N[C@@H](C(=O)N1CCC[C@H]1C(=O)NCC1CCC(N)CC1)C(C)(C)SC1CCC1. The summed E-state index contributed by atoms with van der Waals surface area (Å²) < 4.78 is 4.73. The van der Waals surface area contributed by atoms with Crippen LogP contribution in [-0.2, 0) is 14.3 Å². The highest BCUT2D eigenvalue weighted by molar-refractivity contribution is 8.01. The van der Waals surface area contributed by atoms with Crippen LogP contribution in [0.4, 0.5) is 4.79 Å². The van der Waals surface area contributed by atoms with E-state index in [2.05, 4.69) is 10.6 Å². The summed E-state index contributed by atoms with van der Waals surface area (Å²) in [6, 6.07) is -0.959. The molecule has 3 aliphatic rings. The van der Waals surface area contributed by atoms with Crippen molar-refractivity contribution in [2.45, 2.75) is 113 Å². The second-order valence-electron chi connectivity index (χ2n) is 10.7. The number of nitrogens with zero attached hydrogens (tertiary/aromatic N) is 1. The van der Waals surface area contributed by atoms with Gasteiger partial charge in [-0.1, -0.05) is 13.3 Å². The molecule has 2 aliphatic carbocycles. The maximum atomic E-state index is 13.8. The Morgan fingerprint density at radius 1 is 1.09 bits per heavy atom. The summed E-state index contributed by atoms with van der Waals surface area (Å²) in [7, 11) is 0. The first-order valence-corrected chi connectivity index (χ1v) is 14.0. The van der Waals surface area contributed by atoms with E-state index in [1.165, 1.54) is 6.42 Å². The lowest BCUT2D eigenvalue weighted by atomic mass is 9.86. The fourth-order valence-corrected chi connectivity index (χ4v) is 6.82. The molecule has 1 aliphatic heterocycles. The minimum atomic E-state index is -0.754. The van der Waals surface area contributed by atoms with Crippen molar-refractivity contribution in [1.29, 1.82) is 0 Å². The van der Waals surface area contributed by atoms with Crippen LogP contribution >= 0.6 is 11.8 Å². The predicted molar refractivity (Wildman–Crippen MR) is 136 cm³/mol. The van der Waals surface area contributed by atoms with Crippen LogP contribution in [0.5, 0.6) is 0 Å². The van der Waals surface area contributed by atoms with Crippen LogP contribution in [0.1, 0.15) is 85.0 Å². The molecule has 194 valence electrons. The fraction of sp³-hybridized carbons (Fsp3) is 0.880. The molecular formula is C25H44N4O4S. The zero-order chi connectivity index (χ0) is 24.7. The van der Waals surface area contributed by atoms with Crippen molar-refractivity contribution in [1.82, 2.24) is 15.5 Å². The number of rotatable bonds is 10. The van der Waals surface area contributed by atoms with Gasteiger partial charge in [-0.3, -0.25) is 9.59 Å². The van der Waals surface area contributed by atoms with E-state index in [1.807, 2.05) is 20.8 Å². The Balaban J connectivity index is 1.65. The number of alkyl carbamates (subject to hydrolysis) is 1. The molecule has 2 saturated carbocycles. The summed E-state index contributed by atoms with van der Waals surface area (Å²) in [4.78, 5) is 41.0. The number of thioether (sulfide) groups is 1. The lowest BCUT2D eigenvalue weighted by Crippen LogP contribution is -2.60. The Hall–Kier alpha value is -1.48. The first kappa shape index (κ1) is 27.1. The van der Waals surface area contributed by atoms with Crippen molar-refractivity contribution in [3.8, 4) is 0 Å². The maximum absolute atomic E-state index is 13.8. The van der Waals surface area contributed by atoms with E-state index >= 15 is 0 Å². The average Bonchev–Trinajstić information content (AvgIpc) is 3.27. The number of hydrogen-bond donors (Lipinski definition) is 3. The third kappa shape index (κ3) is 7.26. The second kappa shape index (κ2) is 12.5. The Morgan fingerprint density at radius 3 is 2.41 bits per heavy atom. The standard InChI is InChI=1S/C25H44N4O4S/c1-4-15-33-24(32)28-21(25(2,3)34-19-7-5-8-19)23(31)29-14-6-9-20(29)22(30)27-16-17-10-12-18(26)13-11-17/h17-21H,4-16,26H2,1-3H3,(H,27,30)(H,28,32)/t17?,18?,20-,21-/m0/s1. The van der Waals surface area contributed by atoms with Gasteiger partial charge in [0.05, 0.1) is 6.61 Å². The minimum Gasteiger partial charge on any atom is -0.450 e. The molecule has 1 heterocycles. The summed E-state index contributed by atoms with van der Waals surface area (Å²) in [5.74, 6) is 0.180. The van der Waals surface area contributed by atoms with Gasteiger partial charge in [0.25, 0.3) is 0 Å². The van der Waals surface area contributed by atoms with Crippen molar-refractivity contribution >= 4 is 29.7 Å². The van der Waals surface area contributed by atoms with E-state index < -0.39 is 22.9 Å².